The summed E-state index contributed by atoms with van der Waals surface area (Å²) < 4.78 is 35.6. The molecule has 1 amide bonds. The maximum Gasteiger partial charge on any atom is 0.471 e. The fourth-order valence-corrected chi connectivity index (χ4v) is 1.07. The number of carbonyl (C=O) groups excluding carboxylic acids is 1. The van der Waals surface area contributed by atoms with Gasteiger partial charge in [-0.3, -0.25) is 4.79 Å². The maximum atomic E-state index is 11.9. The van der Waals surface area contributed by atoms with Gasteiger partial charge in [-0.25, -0.2) is 5.11 Å². The molecule has 6 heteroatoms. The monoisotopic (exact) mass is 232 g/mol. The zero-order valence-corrected chi connectivity index (χ0v) is 8.17. The van der Waals surface area contributed by atoms with Crippen LogP contribution in [-0.4, -0.2) is 18.7 Å². The van der Waals surface area contributed by atoms with Crippen LogP contribution in [0.15, 0.2) is 24.3 Å². The summed E-state index contributed by atoms with van der Waals surface area (Å²) in [6, 6.07) is 5.66. The van der Waals surface area contributed by atoms with E-state index in [0.29, 0.717) is 6.42 Å². The van der Waals surface area contributed by atoms with Crippen molar-refractivity contribution in [3.8, 4) is 0 Å². The van der Waals surface area contributed by atoms with Crippen LogP contribution < -0.4 is 5.32 Å². The summed E-state index contributed by atoms with van der Waals surface area (Å²) in [7, 11) is 0. The molecule has 0 aliphatic heterocycles. The molecule has 0 saturated carbocycles. The van der Waals surface area contributed by atoms with Gasteiger partial charge in [0, 0.05) is 5.69 Å². The number of alkyl halides is 3. The van der Waals surface area contributed by atoms with Gasteiger partial charge in [0.15, 0.2) is 0 Å². The van der Waals surface area contributed by atoms with E-state index in [-0.39, 0.29) is 12.3 Å². The van der Waals surface area contributed by atoms with Crippen LogP contribution in [0.25, 0.3) is 0 Å². The molecule has 0 bridgehead atoms. The lowest BCUT2D eigenvalue weighted by molar-refractivity contribution is -0.167. The second-order valence-electron chi connectivity index (χ2n) is 3.10. The zero-order valence-electron chi connectivity index (χ0n) is 8.17. The van der Waals surface area contributed by atoms with Gasteiger partial charge in [0.25, 0.3) is 0 Å². The summed E-state index contributed by atoms with van der Waals surface area (Å²) in [5.41, 5.74) is 0.775. The summed E-state index contributed by atoms with van der Waals surface area (Å²) in [6.45, 7) is -0.283. The summed E-state index contributed by atoms with van der Waals surface area (Å²) in [6.07, 6.45) is -4.58. The Hall–Kier alpha value is -1.56. The lowest BCUT2D eigenvalue weighted by atomic mass is 10.1. The Morgan fingerprint density at radius 2 is 1.75 bits per heavy atom. The molecule has 1 N–H and O–H groups in total. The van der Waals surface area contributed by atoms with E-state index in [1.807, 2.05) is 0 Å². The van der Waals surface area contributed by atoms with Gasteiger partial charge < -0.3 is 5.32 Å². The Bertz CT molecular complexity index is 359. The smallest absolute Gasteiger partial charge is 0.318 e. The van der Waals surface area contributed by atoms with E-state index in [2.05, 4.69) is 0 Å². The molecule has 0 unspecified atom stereocenters. The summed E-state index contributed by atoms with van der Waals surface area (Å²) in [5.74, 6) is -2.01. The summed E-state index contributed by atoms with van der Waals surface area (Å²) in [5, 5.41) is 12.0. The molecular weight excluding hydrogens is 223 g/mol. The number of benzene rings is 1. The second-order valence-corrected chi connectivity index (χ2v) is 3.10. The van der Waals surface area contributed by atoms with E-state index < -0.39 is 12.1 Å². The highest BCUT2D eigenvalue weighted by molar-refractivity contribution is 5.94. The van der Waals surface area contributed by atoms with Crippen LogP contribution in [0.5, 0.6) is 0 Å². The van der Waals surface area contributed by atoms with Crippen molar-refractivity contribution < 1.29 is 23.1 Å². The van der Waals surface area contributed by atoms with Crippen LogP contribution in [0.1, 0.15) is 5.56 Å². The molecular formula is C10H9F3NO2. The third-order valence-corrected chi connectivity index (χ3v) is 1.86. The van der Waals surface area contributed by atoms with Crippen LogP contribution in [-0.2, 0) is 16.3 Å². The van der Waals surface area contributed by atoms with E-state index >= 15 is 0 Å². The standard InChI is InChI=1S/C10H9F3NO2/c11-10(12,13)9(16)14-8-3-1-7(2-4-8)5-6-15/h1-4H,5-6H2,(H,14,16). The number of nitrogens with one attached hydrogen (secondary N) is 1. The normalized spacial score (nSPS) is 11.2. The lowest BCUT2D eigenvalue weighted by Gasteiger charge is -2.08. The van der Waals surface area contributed by atoms with Gasteiger partial charge in [-0.2, -0.15) is 13.2 Å². The molecule has 0 aromatic heterocycles. The molecule has 1 aromatic rings. The van der Waals surface area contributed by atoms with Crippen molar-refractivity contribution >= 4 is 11.6 Å². The van der Waals surface area contributed by atoms with Crippen molar-refractivity contribution in [2.45, 2.75) is 12.6 Å². The SMILES string of the molecule is [O]CCc1ccc(NC(=O)C(F)(F)F)cc1. The van der Waals surface area contributed by atoms with E-state index in [4.69, 9.17) is 0 Å². The van der Waals surface area contributed by atoms with E-state index in [9.17, 15) is 23.1 Å². The molecule has 0 spiro atoms. The van der Waals surface area contributed by atoms with Crippen molar-refractivity contribution in [1.82, 2.24) is 0 Å². The van der Waals surface area contributed by atoms with E-state index in [1.165, 1.54) is 24.3 Å². The number of halogens is 3. The number of carbonyl (C=O) groups is 1. The summed E-state index contributed by atoms with van der Waals surface area (Å²) in [4.78, 5) is 10.6. The van der Waals surface area contributed by atoms with Crippen molar-refractivity contribution in [1.29, 1.82) is 0 Å². The van der Waals surface area contributed by atoms with Crippen molar-refractivity contribution in [2.75, 3.05) is 11.9 Å². The largest absolute Gasteiger partial charge is 0.471 e. The number of hydrogen-bond donors (Lipinski definition) is 1. The first-order valence-electron chi connectivity index (χ1n) is 4.48. The average molecular weight is 232 g/mol. The van der Waals surface area contributed by atoms with E-state index in [0.717, 1.165) is 5.56 Å². The van der Waals surface area contributed by atoms with Crippen LogP contribution >= 0.6 is 0 Å². The van der Waals surface area contributed by atoms with Crippen LogP contribution in [0.2, 0.25) is 0 Å². The first kappa shape index (κ1) is 12.5. The Balaban J connectivity index is 2.65. The minimum Gasteiger partial charge on any atom is -0.318 e. The molecule has 0 aliphatic rings. The van der Waals surface area contributed by atoms with E-state index in [1.54, 1.807) is 5.32 Å². The van der Waals surface area contributed by atoms with Crippen LogP contribution in [0.4, 0.5) is 18.9 Å². The molecule has 0 heterocycles. The topological polar surface area (TPSA) is 49.0 Å². The molecule has 3 nitrogen and oxygen atoms in total. The summed E-state index contributed by atoms with van der Waals surface area (Å²) >= 11 is 0. The van der Waals surface area contributed by atoms with Gasteiger partial charge in [-0.05, 0) is 24.1 Å². The molecule has 0 fully saturated rings. The molecule has 16 heavy (non-hydrogen) atoms. The highest BCUT2D eigenvalue weighted by Crippen LogP contribution is 2.18. The minimum atomic E-state index is -4.90. The van der Waals surface area contributed by atoms with Crippen LogP contribution in [0.3, 0.4) is 0 Å². The Labute approximate surface area is 89.9 Å². The Morgan fingerprint density at radius 1 is 1.19 bits per heavy atom. The Kier molecular flexibility index (Phi) is 3.89. The fraction of sp³-hybridized carbons (Fsp3) is 0.300. The maximum absolute atomic E-state index is 11.9. The molecule has 1 rings (SSSR count). The Morgan fingerprint density at radius 3 is 2.19 bits per heavy atom. The molecule has 0 saturated heterocycles. The predicted molar refractivity (Wildman–Crippen MR) is 50.4 cm³/mol. The first-order valence-corrected chi connectivity index (χ1v) is 4.48. The third-order valence-electron chi connectivity index (χ3n) is 1.86. The number of rotatable bonds is 3. The van der Waals surface area contributed by atoms with Gasteiger partial charge in [-0.1, -0.05) is 12.1 Å². The number of amides is 1. The molecule has 0 atom stereocenters. The lowest BCUT2D eigenvalue weighted by Crippen LogP contribution is -2.29. The van der Waals surface area contributed by atoms with Gasteiger partial charge in [0.05, 0.1) is 6.61 Å². The molecule has 0 aliphatic carbocycles. The molecule has 1 radical (unpaired) electrons. The van der Waals surface area contributed by atoms with Crippen molar-refractivity contribution in [2.24, 2.45) is 0 Å². The van der Waals surface area contributed by atoms with Gasteiger partial charge >= 0.3 is 12.1 Å². The number of hydrogen-bond acceptors (Lipinski definition) is 1. The van der Waals surface area contributed by atoms with Crippen LogP contribution in [0, 0.1) is 0 Å². The van der Waals surface area contributed by atoms with Gasteiger partial charge in [-0.15, -0.1) is 0 Å². The number of anilines is 1. The average Bonchev–Trinajstić information content (AvgIpc) is 2.20. The molecule has 87 valence electrons. The first-order chi connectivity index (χ1) is 7.43. The van der Waals surface area contributed by atoms with Crippen molar-refractivity contribution in [3.05, 3.63) is 29.8 Å². The fourth-order valence-electron chi connectivity index (χ4n) is 1.07. The van der Waals surface area contributed by atoms with Crippen molar-refractivity contribution in [3.63, 3.8) is 0 Å². The van der Waals surface area contributed by atoms with Gasteiger partial charge in [0.1, 0.15) is 0 Å². The zero-order chi connectivity index (χ0) is 12.2. The van der Waals surface area contributed by atoms with Gasteiger partial charge in [0.2, 0.25) is 0 Å². The minimum absolute atomic E-state index is 0.0528. The predicted octanol–water partition coefficient (Wildman–Crippen LogP) is 2.16. The highest BCUT2D eigenvalue weighted by Gasteiger charge is 2.38. The molecule has 1 aromatic carbocycles. The quantitative estimate of drug-likeness (QED) is 0.852. The third kappa shape index (κ3) is 3.54. The highest BCUT2D eigenvalue weighted by atomic mass is 19.4. The second kappa shape index (κ2) is 4.98.